The molecule has 0 saturated carbocycles. The Morgan fingerprint density at radius 1 is 1.07 bits per heavy atom. The summed E-state index contributed by atoms with van der Waals surface area (Å²) in [5, 5.41) is 3.84. The normalized spacial score (nSPS) is 11.6. The Hall–Kier alpha value is -3.54. The second-order valence-electron chi connectivity index (χ2n) is 8.05. The van der Waals surface area contributed by atoms with Crippen LogP contribution in [-0.2, 0) is 12.0 Å². The van der Waals surface area contributed by atoms with E-state index >= 15 is 0 Å². The number of hydrogen-bond acceptors (Lipinski definition) is 3. The van der Waals surface area contributed by atoms with Crippen LogP contribution in [-0.4, -0.2) is 16.7 Å². The van der Waals surface area contributed by atoms with E-state index in [1.54, 1.807) is 12.3 Å². The molecule has 2 aromatic carbocycles. The van der Waals surface area contributed by atoms with Gasteiger partial charge in [-0.25, -0.2) is 9.82 Å². The van der Waals surface area contributed by atoms with E-state index in [1.165, 1.54) is 46.7 Å². The number of aromatic nitrogens is 1. The van der Waals surface area contributed by atoms with Gasteiger partial charge in [0.1, 0.15) is 11.4 Å². The van der Waals surface area contributed by atoms with Crippen molar-refractivity contribution >= 4 is 12.1 Å². The lowest BCUT2D eigenvalue weighted by atomic mass is 9.87. The first-order chi connectivity index (χ1) is 14.2. The summed E-state index contributed by atoms with van der Waals surface area (Å²) in [5.41, 5.74) is 4.81. The van der Waals surface area contributed by atoms with Gasteiger partial charge in [0, 0.05) is 6.20 Å². The summed E-state index contributed by atoms with van der Waals surface area (Å²) in [5.74, 6) is -0.954. The first-order valence-electron chi connectivity index (χ1n) is 9.62. The van der Waals surface area contributed by atoms with Gasteiger partial charge in [0.2, 0.25) is 0 Å². The number of carbonyl (C=O) groups excluding carboxylic acids is 1. The number of halogens is 1. The molecule has 0 unspecified atom stereocenters. The van der Waals surface area contributed by atoms with Crippen LogP contribution in [0.5, 0.6) is 0 Å². The molecule has 0 aliphatic heterocycles. The van der Waals surface area contributed by atoms with Crippen LogP contribution in [0.15, 0.2) is 76.8 Å². The fourth-order valence-electron chi connectivity index (χ4n) is 2.92. The summed E-state index contributed by atoms with van der Waals surface area (Å²) in [6.07, 6.45) is 3.04. The van der Waals surface area contributed by atoms with Crippen molar-refractivity contribution in [2.45, 2.75) is 32.7 Å². The third kappa shape index (κ3) is 5.29. The molecule has 0 fully saturated rings. The Kier molecular flexibility index (Phi) is 6.26. The van der Waals surface area contributed by atoms with E-state index in [1.807, 2.05) is 12.1 Å². The first-order valence-corrected chi connectivity index (χ1v) is 9.62. The lowest BCUT2D eigenvalue weighted by Crippen LogP contribution is -2.30. The van der Waals surface area contributed by atoms with Crippen LogP contribution in [0, 0.1) is 5.82 Å². The smallest absolute Gasteiger partial charge is 0.276 e. The number of nitrogens with zero attached hydrogens (tertiary/aromatic N) is 2. The number of hydrazone groups is 1. The number of benzene rings is 2. The summed E-state index contributed by atoms with van der Waals surface area (Å²) in [6.45, 7) is 6.80. The first kappa shape index (κ1) is 21.2. The third-order valence-corrected chi connectivity index (χ3v) is 4.69. The van der Waals surface area contributed by atoms with Gasteiger partial charge < -0.3 is 4.57 Å². The molecule has 30 heavy (non-hydrogen) atoms. The van der Waals surface area contributed by atoms with Crippen molar-refractivity contribution in [3.63, 3.8) is 0 Å². The van der Waals surface area contributed by atoms with Crippen LogP contribution in [0.1, 0.15) is 47.8 Å². The zero-order valence-corrected chi connectivity index (χ0v) is 17.2. The molecule has 5 nitrogen and oxygen atoms in total. The van der Waals surface area contributed by atoms with E-state index in [0.717, 1.165) is 5.56 Å². The number of rotatable bonds is 5. The highest BCUT2D eigenvalue weighted by Gasteiger charge is 2.14. The van der Waals surface area contributed by atoms with Crippen LogP contribution in [0.3, 0.4) is 0 Å². The highest BCUT2D eigenvalue weighted by Crippen LogP contribution is 2.22. The zero-order chi connectivity index (χ0) is 21.7. The molecule has 0 atom stereocenters. The van der Waals surface area contributed by atoms with E-state index in [2.05, 4.69) is 43.4 Å². The Bertz CT molecular complexity index is 1110. The van der Waals surface area contributed by atoms with Crippen LogP contribution in [0.4, 0.5) is 4.39 Å². The summed E-state index contributed by atoms with van der Waals surface area (Å²) in [4.78, 5) is 25.1. The Morgan fingerprint density at radius 2 is 1.73 bits per heavy atom. The minimum atomic E-state index is -0.601. The molecule has 1 aromatic heterocycles. The SMILES string of the molecule is CC(C)(C)c1ccc(Cn2cccc(C(=O)N/N=C\c3ccc(F)cc3)c2=O)cc1. The van der Waals surface area contributed by atoms with Crippen LogP contribution < -0.4 is 11.0 Å². The zero-order valence-electron chi connectivity index (χ0n) is 17.2. The molecule has 1 amide bonds. The van der Waals surface area contributed by atoms with Gasteiger partial charge in [0.05, 0.1) is 12.8 Å². The number of nitrogens with one attached hydrogen (secondary N) is 1. The molecule has 0 saturated heterocycles. The number of carbonyl (C=O) groups is 1. The van der Waals surface area contributed by atoms with Crippen LogP contribution in [0.25, 0.3) is 0 Å². The Balaban J connectivity index is 1.71. The molecule has 6 heteroatoms. The fraction of sp³-hybridized carbons (Fsp3) is 0.208. The summed E-state index contributed by atoms with van der Waals surface area (Å²) >= 11 is 0. The van der Waals surface area contributed by atoms with Crippen molar-refractivity contribution in [3.05, 3.63) is 105 Å². The van der Waals surface area contributed by atoms with E-state index < -0.39 is 11.5 Å². The third-order valence-electron chi connectivity index (χ3n) is 4.69. The maximum Gasteiger partial charge on any atom is 0.276 e. The van der Waals surface area contributed by atoms with Gasteiger partial charge in [0.25, 0.3) is 11.5 Å². The number of hydrogen-bond donors (Lipinski definition) is 1. The molecule has 1 N–H and O–H groups in total. The molecule has 3 rings (SSSR count). The molecule has 154 valence electrons. The topological polar surface area (TPSA) is 63.5 Å². The van der Waals surface area contributed by atoms with E-state index in [0.29, 0.717) is 12.1 Å². The lowest BCUT2D eigenvalue weighted by Gasteiger charge is -2.19. The average Bonchev–Trinajstić information content (AvgIpc) is 2.71. The number of pyridine rings is 1. The van der Waals surface area contributed by atoms with Gasteiger partial charge in [-0.2, -0.15) is 5.10 Å². The minimum Gasteiger partial charge on any atom is -0.310 e. The molecule has 0 spiro atoms. The molecule has 0 aliphatic carbocycles. The maximum absolute atomic E-state index is 12.9. The standard InChI is InChI=1S/C24H24FN3O2/c1-24(2,3)19-10-6-18(7-11-19)16-28-14-4-5-21(23(28)30)22(29)27-26-15-17-8-12-20(25)13-9-17/h4-15H,16H2,1-3H3,(H,27,29)/b26-15-. The quantitative estimate of drug-likeness (QED) is 0.513. The Labute approximate surface area is 174 Å². The largest absolute Gasteiger partial charge is 0.310 e. The number of amides is 1. The highest BCUT2D eigenvalue weighted by atomic mass is 19.1. The monoisotopic (exact) mass is 405 g/mol. The Morgan fingerprint density at radius 3 is 2.37 bits per heavy atom. The van der Waals surface area contributed by atoms with Gasteiger partial charge in [-0.05, 0) is 46.4 Å². The molecule has 0 aliphatic rings. The fourth-order valence-corrected chi connectivity index (χ4v) is 2.92. The predicted molar refractivity (Wildman–Crippen MR) is 116 cm³/mol. The second-order valence-corrected chi connectivity index (χ2v) is 8.05. The van der Waals surface area contributed by atoms with Gasteiger partial charge in [-0.15, -0.1) is 0 Å². The second kappa shape index (κ2) is 8.86. The molecular formula is C24H24FN3O2. The van der Waals surface area contributed by atoms with Gasteiger partial charge in [-0.1, -0.05) is 57.2 Å². The van der Waals surface area contributed by atoms with Crippen LogP contribution in [0.2, 0.25) is 0 Å². The summed E-state index contributed by atoms with van der Waals surface area (Å²) in [7, 11) is 0. The van der Waals surface area contributed by atoms with Crippen molar-refractivity contribution in [1.82, 2.24) is 9.99 Å². The van der Waals surface area contributed by atoms with Crippen LogP contribution >= 0.6 is 0 Å². The molecule has 1 heterocycles. The molecule has 0 radical (unpaired) electrons. The van der Waals surface area contributed by atoms with Crippen molar-refractivity contribution in [1.29, 1.82) is 0 Å². The lowest BCUT2D eigenvalue weighted by molar-refractivity contribution is 0.0953. The van der Waals surface area contributed by atoms with E-state index in [4.69, 9.17) is 0 Å². The van der Waals surface area contributed by atoms with Crippen molar-refractivity contribution in [3.8, 4) is 0 Å². The molecule has 0 bridgehead atoms. The van der Waals surface area contributed by atoms with Gasteiger partial charge >= 0.3 is 0 Å². The highest BCUT2D eigenvalue weighted by molar-refractivity contribution is 5.94. The molecule has 3 aromatic rings. The van der Waals surface area contributed by atoms with Crippen molar-refractivity contribution in [2.24, 2.45) is 5.10 Å². The minimum absolute atomic E-state index is 0.0000628. The summed E-state index contributed by atoms with van der Waals surface area (Å²) < 4.78 is 14.4. The van der Waals surface area contributed by atoms with Crippen molar-refractivity contribution < 1.29 is 9.18 Å². The predicted octanol–water partition coefficient (Wildman–Crippen LogP) is 4.10. The van der Waals surface area contributed by atoms with E-state index in [9.17, 15) is 14.0 Å². The maximum atomic E-state index is 12.9. The average molecular weight is 405 g/mol. The van der Waals surface area contributed by atoms with E-state index in [-0.39, 0.29) is 16.8 Å². The molecular weight excluding hydrogens is 381 g/mol. The van der Waals surface area contributed by atoms with Gasteiger partial charge in [0.15, 0.2) is 0 Å². The summed E-state index contributed by atoms with van der Waals surface area (Å²) in [6, 6.07) is 16.9. The van der Waals surface area contributed by atoms with Crippen molar-refractivity contribution in [2.75, 3.05) is 0 Å². The van der Waals surface area contributed by atoms with Gasteiger partial charge in [-0.3, -0.25) is 9.59 Å².